The van der Waals surface area contributed by atoms with Gasteiger partial charge in [0.1, 0.15) is 0 Å². The highest BCUT2D eigenvalue weighted by Gasteiger charge is 2.10. The number of nitrogens with zero attached hydrogens (tertiary/aromatic N) is 1. The fraction of sp³-hybridized carbons (Fsp3) is 0.615. The normalized spacial score (nSPS) is 13.1. The van der Waals surface area contributed by atoms with Gasteiger partial charge in [-0.05, 0) is 43.9 Å². The maximum atomic E-state index is 6.10. The van der Waals surface area contributed by atoms with E-state index in [-0.39, 0.29) is 0 Å². The van der Waals surface area contributed by atoms with E-state index in [0.717, 1.165) is 17.4 Å². The van der Waals surface area contributed by atoms with Crippen LogP contribution >= 0.6 is 11.6 Å². The number of halogens is 1. The molecule has 90 valence electrons. The van der Waals surface area contributed by atoms with Crippen LogP contribution in [0.3, 0.4) is 0 Å². The van der Waals surface area contributed by atoms with Crippen molar-refractivity contribution in [1.29, 1.82) is 0 Å². The summed E-state index contributed by atoms with van der Waals surface area (Å²) in [6.07, 6.45) is 6.92. The zero-order valence-corrected chi connectivity index (χ0v) is 11.1. The standard InChI is InChI=1S/C13H21ClN2/c1-10(2)4-5-12(15-3)8-11-6-7-16-9-13(11)14/h6-7,9-10,12,15H,4-5,8H2,1-3H3. The molecule has 0 saturated carbocycles. The molecule has 0 spiro atoms. The van der Waals surface area contributed by atoms with Crippen LogP contribution in [0, 0.1) is 5.92 Å². The summed E-state index contributed by atoms with van der Waals surface area (Å²) < 4.78 is 0. The highest BCUT2D eigenvalue weighted by Crippen LogP contribution is 2.17. The molecule has 1 aromatic rings. The number of likely N-dealkylation sites (N-methyl/N-ethyl adjacent to an activating group) is 1. The van der Waals surface area contributed by atoms with Gasteiger partial charge in [-0.25, -0.2) is 0 Å². The third-order valence-electron chi connectivity index (χ3n) is 2.82. The third-order valence-corrected chi connectivity index (χ3v) is 3.16. The first-order chi connectivity index (χ1) is 7.63. The Kier molecular flexibility index (Phi) is 5.78. The van der Waals surface area contributed by atoms with Crippen molar-refractivity contribution in [3.05, 3.63) is 29.0 Å². The van der Waals surface area contributed by atoms with Crippen molar-refractivity contribution in [3.63, 3.8) is 0 Å². The number of nitrogens with one attached hydrogen (secondary N) is 1. The predicted octanol–water partition coefficient (Wildman–Crippen LogP) is 3.30. The molecule has 0 aliphatic carbocycles. The summed E-state index contributed by atoms with van der Waals surface area (Å²) in [7, 11) is 2.01. The van der Waals surface area contributed by atoms with Gasteiger partial charge < -0.3 is 5.32 Å². The molecular formula is C13H21ClN2. The Morgan fingerprint density at radius 2 is 2.12 bits per heavy atom. The smallest absolute Gasteiger partial charge is 0.0621 e. The van der Waals surface area contributed by atoms with Crippen LogP contribution in [-0.4, -0.2) is 18.1 Å². The van der Waals surface area contributed by atoms with Crippen LogP contribution in [0.4, 0.5) is 0 Å². The second kappa shape index (κ2) is 6.87. The van der Waals surface area contributed by atoms with Crippen molar-refractivity contribution in [2.75, 3.05) is 7.05 Å². The number of hydrogen-bond acceptors (Lipinski definition) is 2. The molecule has 0 amide bonds. The molecule has 0 bridgehead atoms. The van der Waals surface area contributed by atoms with Gasteiger partial charge >= 0.3 is 0 Å². The summed E-state index contributed by atoms with van der Waals surface area (Å²) in [5.74, 6) is 0.753. The van der Waals surface area contributed by atoms with Crippen molar-refractivity contribution in [2.24, 2.45) is 5.92 Å². The summed E-state index contributed by atoms with van der Waals surface area (Å²) >= 11 is 6.10. The van der Waals surface area contributed by atoms with Crippen LogP contribution in [0.1, 0.15) is 32.3 Å². The number of aromatic nitrogens is 1. The molecule has 0 aromatic carbocycles. The zero-order chi connectivity index (χ0) is 12.0. The van der Waals surface area contributed by atoms with E-state index in [1.165, 1.54) is 18.4 Å². The summed E-state index contributed by atoms with van der Waals surface area (Å²) in [5, 5.41) is 4.12. The maximum Gasteiger partial charge on any atom is 0.0621 e. The SMILES string of the molecule is CNC(CCC(C)C)Cc1ccncc1Cl. The second-order valence-electron chi connectivity index (χ2n) is 4.63. The first-order valence-electron chi connectivity index (χ1n) is 5.89. The maximum absolute atomic E-state index is 6.10. The van der Waals surface area contributed by atoms with Gasteiger partial charge in [0.25, 0.3) is 0 Å². The number of rotatable bonds is 6. The molecule has 0 aliphatic heterocycles. The molecule has 1 unspecified atom stereocenters. The third kappa shape index (κ3) is 4.50. The van der Waals surface area contributed by atoms with Crippen LogP contribution in [0.15, 0.2) is 18.5 Å². The summed E-state index contributed by atoms with van der Waals surface area (Å²) in [4.78, 5) is 4.00. The van der Waals surface area contributed by atoms with Crippen LogP contribution < -0.4 is 5.32 Å². The van der Waals surface area contributed by atoms with Crippen molar-refractivity contribution in [2.45, 2.75) is 39.2 Å². The molecule has 1 N–H and O–H groups in total. The average Bonchev–Trinajstić information content (AvgIpc) is 2.26. The van der Waals surface area contributed by atoms with Gasteiger partial charge in [0.05, 0.1) is 5.02 Å². The first kappa shape index (κ1) is 13.5. The highest BCUT2D eigenvalue weighted by atomic mass is 35.5. The van der Waals surface area contributed by atoms with Gasteiger partial charge in [-0.1, -0.05) is 25.4 Å². The first-order valence-corrected chi connectivity index (χ1v) is 6.27. The molecule has 1 heterocycles. The van der Waals surface area contributed by atoms with E-state index in [0.29, 0.717) is 6.04 Å². The van der Waals surface area contributed by atoms with Crippen LogP contribution in [0.25, 0.3) is 0 Å². The lowest BCUT2D eigenvalue weighted by atomic mass is 9.98. The Labute approximate surface area is 103 Å². The highest BCUT2D eigenvalue weighted by molar-refractivity contribution is 6.31. The van der Waals surface area contributed by atoms with Crippen molar-refractivity contribution in [3.8, 4) is 0 Å². The van der Waals surface area contributed by atoms with Gasteiger partial charge in [-0.3, -0.25) is 4.98 Å². The summed E-state index contributed by atoms with van der Waals surface area (Å²) in [5.41, 5.74) is 1.18. The molecule has 1 aromatic heterocycles. The quantitative estimate of drug-likeness (QED) is 0.825. The molecule has 3 heteroatoms. The Morgan fingerprint density at radius 1 is 1.38 bits per heavy atom. The van der Waals surface area contributed by atoms with E-state index in [1.54, 1.807) is 12.4 Å². The van der Waals surface area contributed by atoms with E-state index in [2.05, 4.69) is 24.1 Å². The van der Waals surface area contributed by atoms with Crippen molar-refractivity contribution in [1.82, 2.24) is 10.3 Å². The lowest BCUT2D eigenvalue weighted by Gasteiger charge is -2.17. The van der Waals surface area contributed by atoms with E-state index in [1.807, 2.05) is 13.1 Å². The number of hydrogen-bond donors (Lipinski definition) is 1. The van der Waals surface area contributed by atoms with Gasteiger partial charge in [0.2, 0.25) is 0 Å². The minimum Gasteiger partial charge on any atom is -0.317 e. The van der Waals surface area contributed by atoms with Crippen molar-refractivity contribution < 1.29 is 0 Å². The molecule has 2 nitrogen and oxygen atoms in total. The Bertz CT molecular complexity index is 313. The Hall–Kier alpha value is -0.600. The zero-order valence-electron chi connectivity index (χ0n) is 10.3. The van der Waals surface area contributed by atoms with Gasteiger partial charge in [0.15, 0.2) is 0 Å². The molecule has 16 heavy (non-hydrogen) atoms. The van der Waals surface area contributed by atoms with Crippen LogP contribution in [-0.2, 0) is 6.42 Å². The lowest BCUT2D eigenvalue weighted by Crippen LogP contribution is -2.28. The van der Waals surface area contributed by atoms with E-state index >= 15 is 0 Å². The largest absolute Gasteiger partial charge is 0.317 e. The fourth-order valence-corrected chi connectivity index (χ4v) is 1.91. The Balaban J connectivity index is 2.53. The summed E-state index contributed by atoms with van der Waals surface area (Å²) in [6.45, 7) is 4.51. The van der Waals surface area contributed by atoms with Gasteiger partial charge in [-0.15, -0.1) is 0 Å². The molecule has 0 saturated heterocycles. The Morgan fingerprint density at radius 3 is 2.69 bits per heavy atom. The van der Waals surface area contributed by atoms with Gasteiger partial charge in [0, 0.05) is 18.4 Å². The van der Waals surface area contributed by atoms with E-state index in [4.69, 9.17) is 11.6 Å². The van der Waals surface area contributed by atoms with E-state index < -0.39 is 0 Å². The molecular weight excluding hydrogens is 220 g/mol. The minimum absolute atomic E-state index is 0.502. The van der Waals surface area contributed by atoms with Crippen LogP contribution in [0.2, 0.25) is 5.02 Å². The summed E-state index contributed by atoms with van der Waals surface area (Å²) in [6, 6.07) is 2.50. The number of pyridine rings is 1. The molecule has 1 rings (SSSR count). The topological polar surface area (TPSA) is 24.9 Å². The average molecular weight is 241 g/mol. The minimum atomic E-state index is 0.502. The molecule has 0 aliphatic rings. The predicted molar refractivity (Wildman–Crippen MR) is 69.9 cm³/mol. The molecule has 1 atom stereocenters. The van der Waals surface area contributed by atoms with Crippen molar-refractivity contribution >= 4 is 11.6 Å². The molecule has 0 fully saturated rings. The van der Waals surface area contributed by atoms with Crippen LogP contribution in [0.5, 0.6) is 0 Å². The lowest BCUT2D eigenvalue weighted by molar-refractivity contribution is 0.451. The van der Waals surface area contributed by atoms with E-state index in [9.17, 15) is 0 Å². The molecule has 0 radical (unpaired) electrons. The van der Waals surface area contributed by atoms with Gasteiger partial charge in [-0.2, -0.15) is 0 Å². The fourth-order valence-electron chi connectivity index (χ4n) is 1.72. The monoisotopic (exact) mass is 240 g/mol. The second-order valence-corrected chi connectivity index (χ2v) is 5.04.